The van der Waals surface area contributed by atoms with Crippen molar-refractivity contribution >= 4 is 10.0 Å². The third-order valence-corrected chi connectivity index (χ3v) is 3.89. The average Bonchev–Trinajstić information content (AvgIpc) is 2.89. The summed E-state index contributed by atoms with van der Waals surface area (Å²) in [7, 11) is -3.96. The minimum absolute atomic E-state index is 0.0590. The number of halogens is 1. The largest absolute Gasteiger partial charge is 0.392 e. The molecule has 8 heteroatoms. The summed E-state index contributed by atoms with van der Waals surface area (Å²) in [6.07, 6.45) is 3.04. The molecule has 0 bridgehead atoms. The van der Waals surface area contributed by atoms with Gasteiger partial charge in [0.1, 0.15) is 16.5 Å². The van der Waals surface area contributed by atoms with E-state index in [1.54, 1.807) is 6.20 Å². The molecule has 0 amide bonds. The Bertz CT molecular complexity index is 656. The summed E-state index contributed by atoms with van der Waals surface area (Å²) < 4.78 is 39.7. The summed E-state index contributed by atoms with van der Waals surface area (Å²) in [4.78, 5) is 6.12. The van der Waals surface area contributed by atoms with Crippen LogP contribution >= 0.6 is 0 Å². The lowest BCUT2D eigenvalue weighted by atomic mass is 10.2. The molecule has 0 radical (unpaired) electrons. The highest BCUT2D eigenvalue weighted by molar-refractivity contribution is 7.89. The van der Waals surface area contributed by atoms with Gasteiger partial charge >= 0.3 is 0 Å². The first-order chi connectivity index (χ1) is 9.03. The van der Waals surface area contributed by atoms with Gasteiger partial charge in [0.2, 0.25) is 10.0 Å². The monoisotopic (exact) mass is 285 g/mol. The highest BCUT2D eigenvalue weighted by Crippen LogP contribution is 2.16. The van der Waals surface area contributed by atoms with Crippen molar-refractivity contribution in [1.82, 2.24) is 14.7 Å². The second-order valence-electron chi connectivity index (χ2n) is 3.78. The smallest absolute Gasteiger partial charge is 0.243 e. The molecule has 0 aliphatic carbocycles. The van der Waals surface area contributed by atoms with Crippen LogP contribution in [-0.2, 0) is 23.2 Å². The van der Waals surface area contributed by atoms with Crippen LogP contribution in [-0.4, -0.2) is 23.5 Å². The fourth-order valence-corrected chi connectivity index (χ4v) is 2.54. The van der Waals surface area contributed by atoms with Gasteiger partial charge in [-0.1, -0.05) is 6.07 Å². The maximum absolute atomic E-state index is 13.6. The van der Waals surface area contributed by atoms with Crippen molar-refractivity contribution in [3.8, 4) is 0 Å². The average molecular weight is 285 g/mol. The summed E-state index contributed by atoms with van der Waals surface area (Å²) in [6, 6.07) is 3.46. The first-order valence-electron chi connectivity index (χ1n) is 5.40. The molecule has 2 aromatic rings. The van der Waals surface area contributed by atoms with Crippen LogP contribution in [0.4, 0.5) is 4.39 Å². The molecule has 0 saturated carbocycles. The summed E-state index contributed by atoms with van der Waals surface area (Å²) in [5.74, 6) is -0.477. The zero-order chi connectivity index (χ0) is 13.9. The topological polar surface area (TPSA) is 95.1 Å². The molecule has 0 fully saturated rings. The molecule has 0 aliphatic rings. The maximum Gasteiger partial charge on any atom is 0.243 e. The molecule has 102 valence electrons. The van der Waals surface area contributed by atoms with Gasteiger partial charge in [-0.15, -0.1) is 0 Å². The Morgan fingerprint density at radius 3 is 2.79 bits per heavy atom. The second kappa shape index (κ2) is 5.47. The van der Waals surface area contributed by atoms with E-state index in [-0.39, 0.29) is 13.2 Å². The number of aromatic nitrogens is 2. The Kier molecular flexibility index (Phi) is 3.93. The fraction of sp³-hybridized carbons (Fsp3) is 0.182. The Morgan fingerprint density at radius 1 is 1.42 bits per heavy atom. The number of H-pyrrole nitrogens is 1. The van der Waals surface area contributed by atoms with Gasteiger partial charge in [-0.05, 0) is 17.7 Å². The van der Waals surface area contributed by atoms with E-state index in [4.69, 9.17) is 5.11 Å². The molecule has 6 nitrogen and oxygen atoms in total. The normalized spacial score (nSPS) is 11.7. The Labute approximate surface area is 109 Å². The molecule has 0 unspecified atom stereocenters. The predicted molar refractivity (Wildman–Crippen MR) is 64.9 cm³/mol. The summed E-state index contributed by atoms with van der Waals surface area (Å²) in [6.45, 7) is -0.409. The van der Waals surface area contributed by atoms with Crippen molar-refractivity contribution in [2.45, 2.75) is 18.0 Å². The Morgan fingerprint density at radius 2 is 2.21 bits per heavy atom. The first kappa shape index (κ1) is 13.7. The number of imidazole rings is 1. The lowest BCUT2D eigenvalue weighted by molar-refractivity contribution is 0.281. The van der Waals surface area contributed by atoms with Gasteiger partial charge < -0.3 is 10.1 Å². The zero-order valence-corrected chi connectivity index (χ0v) is 10.6. The Balaban J connectivity index is 2.19. The predicted octanol–water partition coefficient (Wildman–Crippen LogP) is 0.520. The number of aromatic amines is 1. The number of aliphatic hydroxyl groups excluding tert-OH is 1. The first-order valence-corrected chi connectivity index (χ1v) is 6.88. The highest BCUT2D eigenvalue weighted by Gasteiger charge is 2.19. The molecular weight excluding hydrogens is 273 g/mol. The number of aliphatic hydroxyl groups is 1. The number of hydrogen-bond donors (Lipinski definition) is 3. The van der Waals surface area contributed by atoms with E-state index in [2.05, 4.69) is 14.7 Å². The van der Waals surface area contributed by atoms with Crippen LogP contribution < -0.4 is 4.72 Å². The third-order valence-electron chi connectivity index (χ3n) is 2.45. The molecule has 0 saturated heterocycles. The zero-order valence-electron chi connectivity index (χ0n) is 9.80. The maximum atomic E-state index is 13.6. The van der Waals surface area contributed by atoms with Crippen LogP contribution in [0, 0.1) is 5.82 Å². The van der Waals surface area contributed by atoms with Crippen LogP contribution in [0.1, 0.15) is 11.4 Å². The number of nitrogens with one attached hydrogen (secondary N) is 2. The van der Waals surface area contributed by atoms with E-state index in [1.807, 2.05) is 0 Å². The molecule has 3 N–H and O–H groups in total. The molecule has 1 aromatic carbocycles. The number of nitrogens with zero attached hydrogens (tertiary/aromatic N) is 1. The SMILES string of the molecule is O=S(=O)(NCc1ncc[nH]1)c1ccc(CO)cc1F. The minimum Gasteiger partial charge on any atom is -0.392 e. The van der Waals surface area contributed by atoms with Gasteiger partial charge in [0.05, 0.1) is 13.2 Å². The van der Waals surface area contributed by atoms with Gasteiger partial charge in [0, 0.05) is 12.4 Å². The molecule has 2 rings (SSSR count). The number of hydrogen-bond acceptors (Lipinski definition) is 4. The van der Waals surface area contributed by atoms with Crippen molar-refractivity contribution in [3.63, 3.8) is 0 Å². The van der Waals surface area contributed by atoms with E-state index in [0.29, 0.717) is 11.4 Å². The number of rotatable bonds is 5. The van der Waals surface area contributed by atoms with Crippen molar-refractivity contribution in [1.29, 1.82) is 0 Å². The van der Waals surface area contributed by atoms with Gasteiger partial charge in [-0.2, -0.15) is 0 Å². The van der Waals surface area contributed by atoms with E-state index < -0.39 is 20.7 Å². The second-order valence-corrected chi connectivity index (χ2v) is 5.52. The standard InChI is InChI=1S/C11H12FN3O3S/c12-9-5-8(7-16)1-2-10(9)19(17,18)15-6-11-13-3-4-14-11/h1-5,15-16H,6-7H2,(H,13,14). The van der Waals surface area contributed by atoms with E-state index in [0.717, 1.165) is 12.1 Å². The summed E-state index contributed by atoms with van der Waals surface area (Å²) in [5, 5.41) is 8.84. The number of sulfonamides is 1. The van der Waals surface area contributed by atoms with Crippen LogP contribution in [0.2, 0.25) is 0 Å². The molecule has 1 aromatic heterocycles. The molecule has 0 aliphatic heterocycles. The lowest BCUT2D eigenvalue weighted by Gasteiger charge is -2.07. The van der Waals surface area contributed by atoms with Gasteiger partial charge in [-0.25, -0.2) is 22.5 Å². The van der Waals surface area contributed by atoms with Crippen molar-refractivity contribution in [2.75, 3.05) is 0 Å². The highest BCUT2D eigenvalue weighted by atomic mass is 32.2. The van der Waals surface area contributed by atoms with E-state index in [1.165, 1.54) is 12.3 Å². The quantitative estimate of drug-likeness (QED) is 0.746. The molecular formula is C11H12FN3O3S. The Hall–Kier alpha value is -1.77. The van der Waals surface area contributed by atoms with Crippen LogP contribution in [0.5, 0.6) is 0 Å². The van der Waals surface area contributed by atoms with Crippen LogP contribution in [0.15, 0.2) is 35.5 Å². The molecule has 1 heterocycles. The third kappa shape index (κ3) is 3.16. The lowest BCUT2D eigenvalue weighted by Crippen LogP contribution is -2.24. The van der Waals surface area contributed by atoms with Crippen molar-refractivity contribution < 1.29 is 17.9 Å². The summed E-state index contributed by atoms with van der Waals surface area (Å²) in [5.41, 5.74) is 0.308. The van der Waals surface area contributed by atoms with Gasteiger partial charge in [0.15, 0.2) is 0 Å². The van der Waals surface area contributed by atoms with E-state index in [9.17, 15) is 12.8 Å². The van der Waals surface area contributed by atoms with E-state index >= 15 is 0 Å². The van der Waals surface area contributed by atoms with Crippen LogP contribution in [0.3, 0.4) is 0 Å². The van der Waals surface area contributed by atoms with Crippen molar-refractivity contribution in [3.05, 3.63) is 47.8 Å². The van der Waals surface area contributed by atoms with Gasteiger partial charge in [0.25, 0.3) is 0 Å². The van der Waals surface area contributed by atoms with Crippen LogP contribution in [0.25, 0.3) is 0 Å². The van der Waals surface area contributed by atoms with Crippen molar-refractivity contribution in [2.24, 2.45) is 0 Å². The minimum atomic E-state index is -3.96. The molecule has 0 spiro atoms. The number of benzene rings is 1. The molecule has 0 atom stereocenters. The summed E-state index contributed by atoms with van der Waals surface area (Å²) >= 11 is 0. The van der Waals surface area contributed by atoms with Gasteiger partial charge in [-0.3, -0.25) is 0 Å². The fourth-order valence-electron chi connectivity index (χ4n) is 1.50. The molecule has 19 heavy (non-hydrogen) atoms.